The van der Waals surface area contributed by atoms with E-state index in [9.17, 15) is 9.59 Å². The number of piperazine rings is 1. The van der Waals surface area contributed by atoms with Crippen molar-refractivity contribution in [2.45, 2.75) is 26.7 Å². The maximum atomic E-state index is 13.1. The van der Waals surface area contributed by atoms with E-state index < -0.39 is 0 Å². The average Bonchev–Trinajstić information content (AvgIpc) is 3.11. The van der Waals surface area contributed by atoms with E-state index in [0.29, 0.717) is 30.9 Å². The van der Waals surface area contributed by atoms with Gasteiger partial charge in [0.25, 0.3) is 5.91 Å². The smallest absolute Gasteiger partial charge is 0.254 e. The van der Waals surface area contributed by atoms with Crippen molar-refractivity contribution >= 4 is 30.0 Å². The molecule has 0 saturated carbocycles. The third kappa shape index (κ3) is 4.53. The minimum atomic E-state index is -0.243. The normalized spacial score (nSPS) is 20.6. The third-order valence-corrected chi connectivity index (χ3v) is 6.32. The molecule has 7 nitrogen and oxygen atoms in total. The van der Waals surface area contributed by atoms with E-state index in [1.807, 2.05) is 37.1 Å². The maximum absolute atomic E-state index is 13.1. The van der Waals surface area contributed by atoms with Crippen LogP contribution in [0.25, 0.3) is 0 Å². The number of nitrogens with one attached hydrogen (secondary N) is 1. The number of pyridine rings is 1. The molecule has 2 atom stereocenters. The van der Waals surface area contributed by atoms with Gasteiger partial charge >= 0.3 is 0 Å². The van der Waals surface area contributed by atoms with Crippen molar-refractivity contribution in [2.24, 2.45) is 5.92 Å². The van der Waals surface area contributed by atoms with Crippen LogP contribution in [0.15, 0.2) is 30.5 Å². The molecule has 3 heterocycles. The summed E-state index contributed by atoms with van der Waals surface area (Å²) < 4.78 is 5.56. The van der Waals surface area contributed by atoms with Gasteiger partial charge in [0.2, 0.25) is 5.91 Å². The molecule has 0 aliphatic carbocycles. The predicted molar refractivity (Wildman–Crippen MR) is 127 cm³/mol. The van der Waals surface area contributed by atoms with Crippen molar-refractivity contribution in [3.63, 3.8) is 0 Å². The summed E-state index contributed by atoms with van der Waals surface area (Å²) in [6.07, 6.45) is 1.89. The fourth-order valence-electron chi connectivity index (χ4n) is 4.64. The number of aromatic nitrogens is 1. The molecule has 1 aromatic heterocycles. The summed E-state index contributed by atoms with van der Waals surface area (Å²) in [5, 5.41) is 2.90. The Morgan fingerprint density at radius 3 is 2.47 bits per heavy atom. The van der Waals surface area contributed by atoms with Crippen LogP contribution in [0.2, 0.25) is 0 Å². The van der Waals surface area contributed by atoms with Gasteiger partial charge in [-0.25, -0.2) is 4.98 Å². The molecule has 2 aliphatic rings. The first-order valence-corrected chi connectivity index (χ1v) is 10.8. The summed E-state index contributed by atoms with van der Waals surface area (Å²) in [7, 11) is 1.58. The second-order valence-corrected chi connectivity index (χ2v) is 8.59. The summed E-state index contributed by atoms with van der Waals surface area (Å²) in [4.78, 5) is 34.1. The van der Waals surface area contributed by atoms with E-state index >= 15 is 0 Å². The molecule has 32 heavy (non-hydrogen) atoms. The number of nitrogens with zero attached hydrogens (tertiary/aromatic N) is 3. The fraction of sp³-hybridized carbons (Fsp3) is 0.458. The van der Waals surface area contributed by atoms with Gasteiger partial charge in [0.1, 0.15) is 11.6 Å². The first-order chi connectivity index (χ1) is 14.9. The zero-order valence-electron chi connectivity index (χ0n) is 19.1. The van der Waals surface area contributed by atoms with Crippen molar-refractivity contribution in [1.82, 2.24) is 15.2 Å². The molecule has 1 N–H and O–H groups in total. The van der Waals surface area contributed by atoms with Crippen LogP contribution < -0.4 is 15.0 Å². The number of benzene rings is 1. The zero-order chi connectivity index (χ0) is 22.1. The molecule has 4 rings (SSSR count). The third-order valence-electron chi connectivity index (χ3n) is 6.32. The van der Waals surface area contributed by atoms with Crippen LogP contribution in [-0.4, -0.2) is 61.5 Å². The summed E-state index contributed by atoms with van der Waals surface area (Å²) in [5.41, 5.74) is 3.74. The lowest BCUT2D eigenvalue weighted by molar-refractivity contribution is -0.120. The van der Waals surface area contributed by atoms with Crippen LogP contribution in [0.3, 0.4) is 0 Å². The van der Waals surface area contributed by atoms with E-state index in [0.717, 1.165) is 35.6 Å². The Labute approximate surface area is 195 Å². The van der Waals surface area contributed by atoms with Crippen LogP contribution >= 0.6 is 12.4 Å². The largest absolute Gasteiger partial charge is 0.496 e. The van der Waals surface area contributed by atoms with Gasteiger partial charge in [-0.2, -0.15) is 0 Å². The number of amides is 2. The summed E-state index contributed by atoms with van der Waals surface area (Å²) >= 11 is 0. The van der Waals surface area contributed by atoms with E-state index in [1.165, 1.54) is 0 Å². The maximum Gasteiger partial charge on any atom is 0.254 e. The molecular weight excluding hydrogens is 428 g/mol. The highest BCUT2D eigenvalue weighted by atomic mass is 35.5. The van der Waals surface area contributed by atoms with Crippen molar-refractivity contribution in [3.8, 4) is 5.75 Å². The van der Waals surface area contributed by atoms with E-state index in [2.05, 4.69) is 28.2 Å². The predicted octanol–water partition coefficient (Wildman–Crippen LogP) is 2.94. The lowest BCUT2D eigenvalue weighted by Gasteiger charge is -2.36. The van der Waals surface area contributed by atoms with Gasteiger partial charge in [-0.15, -0.1) is 12.4 Å². The Morgan fingerprint density at radius 1 is 1.16 bits per heavy atom. The van der Waals surface area contributed by atoms with Crippen molar-refractivity contribution in [3.05, 3.63) is 52.7 Å². The molecule has 2 amide bonds. The van der Waals surface area contributed by atoms with Crippen LogP contribution in [0.5, 0.6) is 5.75 Å². The molecule has 2 saturated heterocycles. The zero-order valence-corrected chi connectivity index (χ0v) is 19.9. The topological polar surface area (TPSA) is 74.8 Å². The number of halogens is 1. The van der Waals surface area contributed by atoms with Crippen molar-refractivity contribution < 1.29 is 14.3 Å². The number of hydrogen-bond donors (Lipinski definition) is 1. The molecule has 2 aromatic rings. The van der Waals surface area contributed by atoms with Gasteiger partial charge in [-0.05, 0) is 43.0 Å². The molecule has 172 valence electrons. The molecule has 2 aliphatic heterocycles. The lowest BCUT2D eigenvalue weighted by Crippen LogP contribution is -2.49. The van der Waals surface area contributed by atoms with Gasteiger partial charge < -0.3 is 19.9 Å². The van der Waals surface area contributed by atoms with Crippen molar-refractivity contribution in [1.29, 1.82) is 0 Å². The first-order valence-electron chi connectivity index (χ1n) is 10.8. The number of hydrogen-bond acceptors (Lipinski definition) is 5. The average molecular weight is 459 g/mol. The van der Waals surface area contributed by atoms with Crippen LogP contribution in [0, 0.1) is 19.8 Å². The molecule has 1 aromatic carbocycles. The van der Waals surface area contributed by atoms with Gasteiger partial charge in [0, 0.05) is 50.0 Å². The number of rotatable bonds is 4. The summed E-state index contributed by atoms with van der Waals surface area (Å²) in [6, 6.07) is 7.59. The molecular formula is C24H31ClN4O3. The monoisotopic (exact) mass is 458 g/mol. The highest BCUT2D eigenvalue weighted by molar-refractivity contribution is 5.95. The van der Waals surface area contributed by atoms with Gasteiger partial charge in [-0.1, -0.05) is 19.1 Å². The molecule has 0 spiro atoms. The molecule has 8 heteroatoms. The highest BCUT2D eigenvalue weighted by Gasteiger charge is 2.35. The highest BCUT2D eigenvalue weighted by Crippen LogP contribution is 2.35. The molecule has 2 fully saturated rings. The minimum Gasteiger partial charge on any atom is -0.496 e. The lowest BCUT2D eigenvalue weighted by atomic mass is 9.88. The van der Waals surface area contributed by atoms with E-state index in [4.69, 9.17) is 4.74 Å². The van der Waals surface area contributed by atoms with E-state index in [1.54, 1.807) is 13.2 Å². The van der Waals surface area contributed by atoms with Gasteiger partial charge in [0.05, 0.1) is 13.0 Å². The van der Waals surface area contributed by atoms with Crippen LogP contribution in [0.4, 0.5) is 5.82 Å². The number of carbonyl (C=O) groups excluding carboxylic acids is 2. The van der Waals surface area contributed by atoms with E-state index in [-0.39, 0.29) is 36.1 Å². The van der Waals surface area contributed by atoms with Crippen LogP contribution in [0.1, 0.15) is 39.9 Å². The second kappa shape index (κ2) is 9.77. The Morgan fingerprint density at radius 2 is 1.88 bits per heavy atom. The Kier molecular flexibility index (Phi) is 7.29. The fourth-order valence-corrected chi connectivity index (χ4v) is 4.64. The number of carbonyl (C=O) groups is 2. The second-order valence-electron chi connectivity index (χ2n) is 8.59. The SMILES string of the molecule is COc1cc(C(=O)N2CCN(c3ncc(C)cc3C)CC2)ccc1[C@@H]1C(=O)NCC1C.Cl. The number of ether oxygens (including phenoxy) is 1. The van der Waals surface area contributed by atoms with Crippen LogP contribution in [-0.2, 0) is 4.79 Å². The Hall–Kier alpha value is -2.80. The van der Waals surface area contributed by atoms with Crippen molar-refractivity contribution in [2.75, 3.05) is 44.7 Å². The quantitative estimate of drug-likeness (QED) is 0.762. The molecule has 1 unspecified atom stereocenters. The first kappa shape index (κ1) is 23.9. The number of anilines is 1. The standard InChI is InChI=1S/C24H30N4O3.ClH/c1-15-11-16(2)22(25-13-15)27-7-9-28(10-8-27)24(30)18-5-6-19(20(12-18)31-4)21-17(3)14-26-23(21)29;/h5-6,11-13,17,21H,7-10,14H2,1-4H3,(H,26,29);1H/t17?,21-;/m1./s1. The summed E-state index contributed by atoms with van der Waals surface area (Å²) in [6.45, 7) is 9.60. The van der Waals surface area contributed by atoms with Gasteiger partial charge in [0.15, 0.2) is 0 Å². The number of methoxy groups -OCH3 is 1. The van der Waals surface area contributed by atoms with Gasteiger partial charge in [-0.3, -0.25) is 9.59 Å². The number of aryl methyl sites for hydroxylation is 2. The Balaban J connectivity index is 0.00000289. The minimum absolute atomic E-state index is 0. The Bertz CT molecular complexity index is 1000. The molecule has 0 bridgehead atoms. The summed E-state index contributed by atoms with van der Waals surface area (Å²) in [5.74, 6) is 1.54. The molecule has 0 radical (unpaired) electrons.